The van der Waals surface area contributed by atoms with Crippen molar-refractivity contribution in [3.05, 3.63) is 154 Å². The van der Waals surface area contributed by atoms with E-state index >= 15 is 0 Å². The number of hydrogen-bond donors (Lipinski definition) is 2. The highest BCUT2D eigenvalue weighted by Crippen LogP contribution is 2.62. The summed E-state index contributed by atoms with van der Waals surface area (Å²) in [6.07, 6.45) is 13.6. The lowest BCUT2D eigenvalue weighted by molar-refractivity contribution is -0.384. The van der Waals surface area contributed by atoms with E-state index in [9.17, 15) is 24.7 Å². The minimum atomic E-state index is -1.14. The number of benzene rings is 3. The lowest BCUT2D eigenvalue weighted by Crippen LogP contribution is -2.64. The number of non-ortho nitro benzene ring substituents is 1. The zero-order valence-electron chi connectivity index (χ0n) is 34.3. The number of nitro groups is 1. The summed E-state index contributed by atoms with van der Waals surface area (Å²) < 4.78 is 35.3. The van der Waals surface area contributed by atoms with Crippen molar-refractivity contribution in [3.63, 3.8) is 0 Å². The predicted molar refractivity (Wildman–Crippen MR) is 234 cm³/mol. The average Bonchev–Trinajstić information content (AvgIpc) is 3.27. The van der Waals surface area contributed by atoms with E-state index in [1.54, 1.807) is 60.6 Å². The first-order valence-corrected chi connectivity index (χ1v) is 22.2. The maximum atomic E-state index is 14.7. The minimum Gasteiger partial charge on any atom is -0.489 e. The van der Waals surface area contributed by atoms with E-state index < -0.39 is 10.7 Å². The summed E-state index contributed by atoms with van der Waals surface area (Å²) in [7, 11) is 0. The van der Waals surface area contributed by atoms with Crippen LogP contribution in [-0.2, 0) is 29.2 Å². The first-order chi connectivity index (χ1) is 29.8. The van der Waals surface area contributed by atoms with Gasteiger partial charge in [-0.25, -0.2) is 4.39 Å². The van der Waals surface area contributed by atoms with Crippen molar-refractivity contribution >= 4 is 23.2 Å². The number of unbranched alkanes of at least 4 members (excludes halogenated alkanes) is 2. The van der Waals surface area contributed by atoms with Gasteiger partial charge in [-0.2, -0.15) is 11.8 Å². The lowest BCUT2D eigenvalue weighted by Gasteiger charge is -2.58. The Morgan fingerprint density at radius 2 is 1.75 bits per heavy atom. The van der Waals surface area contributed by atoms with Gasteiger partial charge in [-0.05, 0) is 115 Å². The molecule has 1 aliphatic heterocycles. The Hall–Kier alpha value is -5.08. The number of aliphatic hydroxyl groups is 2. The number of oxime groups is 1. The van der Waals surface area contributed by atoms with Crippen molar-refractivity contribution in [1.29, 1.82) is 0 Å². The molecule has 11 nitrogen and oxygen atoms in total. The smallest absolute Gasteiger partial charge is 0.269 e. The van der Waals surface area contributed by atoms with E-state index in [0.717, 1.165) is 60.3 Å². The van der Waals surface area contributed by atoms with E-state index in [2.05, 4.69) is 17.6 Å². The van der Waals surface area contributed by atoms with Crippen LogP contribution in [0.4, 0.5) is 10.1 Å². The SMILES string of the molecule is C=CCO[C@@]12Oc3ccc(OCc4ccccc4F)cc3[C@H]3[C@H](CCCCO)[C@@H](CCCCO)C=C(C(=NOCc4ccc([N+](=O)[O-])cc4)C[C@@H]1SCCc1ccncc1)[C@H]32. The van der Waals surface area contributed by atoms with Gasteiger partial charge in [0.15, 0.2) is 0 Å². The van der Waals surface area contributed by atoms with E-state index in [0.29, 0.717) is 36.3 Å². The molecule has 2 aliphatic carbocycles. The molecule has 1 saturated carbocycles. The van der Waals surface area contributed by atoms with Crippen LogP contribution in [0.25, 0.3) is 0 Å². The van der Waals surface area contributed by atoms with Crippen molar-refractivity contribution in [1.82, 2.24) is 4.98 Å². The monoisotopic (exact) mass is 851 g/mol. The zero-order valence-corrected chi connectivity index (χ0v) is 35.1. The van der Waals surface area contributed by atoms with Gasteiger partial charge in [0.2, 0.25) is 5.79 Å². The molecule has 0 spiro atoms. The summed E-state index contributed by atoms with van der Waals surface area (Å²) in [5, 5.41) is 35.7. The van der Waals surface area contributed by atoms with Gasteiger partial charge in [-0.15, -0.1) is 6.58 Å². The fourth-order valence-corrected chi connectivity index (χ4v) is 10.5. The fourth-order valence-electron chi connectivity index (χ4n) is 9.11. The lowest BCUT2D eigenvalue weighted by atomic mass is 9.56. The maximum absolute atomic E-state index is 14.7. The Balaban J connectivity index is 1.34. The Labute approximate surface area is 360 Å². The maximum Gasteiger partial charge on any atom is 0.269 e. The molecule has 4 aromatic rings. The Morgan fingerprint density at radius 1 is 0.984 bits per heavy atom. The standard InChI is InChI=1S/C48H54FN3O8S/c1-2-26-58-48-45(61-27-21-33-19-22-50-23-20-33)30-43(51-59-31-34-13-15-37(16-14-34)52(55)56)40-28-35(9-5-7-24-53)39(11-6-8-25-54)46(47(40)48)41-29-38(17-18-44(41)60-48)57-32-36-10-3-4-12-42(36)49/h2-4,10,12-20,22-23,28-29,35,39,45-47,53-54H,1,5-9,11,21,24-27,30-32H2/t35-,39+,45-,46+,47+,48+/m0/s1. The van der Waals surface area contributed by atoms with Crippen molar-refractivity contribution in [3.8, 4) is 11.5 Å². The van der Waals surface area contributed by atoms with Crippen molar-refractivity contribution < 1.29 is 38.6 Å². The highest BCUT2D eigenvalue weighted by Gasteiger charge is 2.64. The van der Waals surface area contributed by atoms with Gasteiger partial charge in [0.25, 0.3) is 5.69 Å². The number of aryl methyl sites for hydroxylation is 1. The van der Waals surface area contributed by atoms with E-state index in [1.807, 2.05) is 30.3 Å². The number of hydrogen-bond acceptors (Lipinski definition) is 11. The molecule has 0 saturated heterocycles. The molecule has 3 aromatic carbocycles. The van der Waals surface area contributed by atoms with Crippen LogP contribution in [-0.4, -0.2) is 62.4 Å². The molecule has 3 aliphatic rings. The van der Waals surface area contributed by atoms with Crippen LogP contribution in [0, 0.1) is 33.7 Å². The highest BCUT2D eigenvalue weighted by molar-refractivity contribution is 8.00. The van der Waals surface area contributed by atoms with Crippen LogP contribution in [0.3, 0.4) is 0 Å². The number of rotatable bonds is 22. The Kier molecular flexibility index (Phi) is 15.2. The molecule has 0 unspecified atom stereocenters. The highest BCUT2D eigenvalue weighted by atomic mass is 32.2. The van der Waals surface area contributed by atoms with Crippen LogP contribution in [0.1, 0.15) is 73.1 Å². The molecule has 1 aromatic heterocycles. The summed E-state index contributed by atoms with van der Waals surface area (Å²) in [5.41, 5.74) is 5.11. The minimum absolute atomic E-state index is 0.00222. The molecule has 0 radical (unpaired) electrons. The number of ether oxygens (including phenoxy) is 3. The molecule has 322 valence electrons. The number of allylic oxidation sites excluding steroid dienone is 1. The van der Waals surface area contributed by atoms with Crippen LogP contribution in [0.2, 0.25) is 0 Å². The Morgan fingerprint density at radius 3 is 2.49 bits per heavy atom. The van der Waals surface area contributed by atoms with Gasteiger partial charge < -0.3 is 29.3 Å². The summed E-state index contributed by atoms with van der Waals surface area (Å²) in [4.78, 5) is 21.2. The van der Waals surface area contributed by atoms with Gasteiger partial charge in [-0.1, -0.05) is 48.3 Å². The molecule has 2 heterocycles. The number of aromatic nitrogens is 1. The van der Waals surface area contributed by atoms with Crippen LogP contribution in [0.15, 0.2) is 121 Å². The fraction of sp³-hybridized carbons (Fsp3) is 0.417. The largest absolute Gasteiger partial charge is 0.489 e. The first-order valence-electron chi connectivity index (χ1n) is 21.2. The number of nitro benzene ring substituents is 1. The zero-order chi connectivity index (χ0) is 42.6. The van der Waals surface area contributed by atoms with E-state index in [-0.39, 0.29) is 73.5 Å². The second kappa shape index (κ2) is 21.1. The second-order valence-corrected chi connectivity index (χ2v) is 17.1. The number of fused-ring (bicyclic) bond motifs is 2. The summed E-state index contributed by atoms with van der Waals surface area (Å²) >= 11 is 1.78. The average molecular weight is 852 g/mol. The summed E-state index contributed by atoms with van der Waals surface area (Å²) in [6.45, 7) is 4.64. The second-order valence-electron chi connectivity index (χ2n) is 15.8. The molecule has 6 atom stereocenters. The molecule has 0 amide bonds. The van der Waals surface area contributed by atoms with E-state index in [1.165, 1.54) is 23.8 Å². The van der Waals surface area contributed by atoms with Crippen molar-refractivity contribution in [2.75, 3.05) is 25.6 Å². The number of nitrogens with zero attached hydrogens (tertiary/aromatic N) is 3. The molecule has 7 rings (SSSR count). The first kappa shape index (κ1) is 44.0. The quantitative estimate of drug-likeness (QED) is 0.0339. The van der Waals surface area contributed by atoms with Gasteiger partial charge >= 0.3 is 0 Å². The predicted octanol–water partition coefficient (Wildman–Crippen LogP) is 9.52. The number of aliphatic hydroxyl groups excluding tert-OH is 2. The molecule has 1 fully saturated rings. The molecule has 0 bridgehead atoms. The third-order valence-electron chi connectivity index (χ3n) is 12.0. The van der Waals surface area contributed by atoms with Gasteiger partial charge in [-0.3, -0.25) is 15.1 Å². The summed E-state index contributed by atoms with van der Waals surface area (Å²) in [5.74, 6) is 0.272. The van der Waals surface area contributed by atoms with Gasteiger partial charge in [0.1, 0.15) is 30.5 Å². The van der Waals surface area contributed by atoms with Crippen LogP contribution >= 0.6 is 11.8 Å². The van der Waals surface area contributed by atoms with Crippen molar-refractivity contribution in [2.45, 2.75) is 81.5 Å². The number of halogens is 1. The topological polar surface area (TPSA) is 146 Å². The molecule has 2 N–H and O–H groups in total. The molecule has 13 heteroatoms. The molecular weight excluding hydrogens is 798 g/mol. The summed E-state index contributed by atoms with van der Waals surface area (Å²) in [6, 6.07) is 22.7. The number of thioether (sulfide) groups is 1. The molecule has 61 heavy (non-hydrogen) atoms. The third-order valence-corrected chi connectivity index (χ3v) is 13.3. The Bertz CT molecular complexity index is 2150. The van der Waals surface area contributed by atoms with Crippen LogP contribution < -0.4 is 9.47 Å². The van der Waals surface area contributed by atoms with Gasteiger partial charge in [0.05, 0.1) is 28.4 Å². The van der Waals surface area contributed by atoms with E-state index in [4.69, 9.17) is 24.2 Å². The van der Waals surface area contributed by atoms with Gasteiger partial charge in [0, 0.05) is 61.2 Å². The normalized spacial score (nSPS) is 23.3. The molecular formula is C48H54FN3O8S. The van der Waals surface area contributed by atoms with Crippen LogP contribution in [0.5, 0.6) is 11.5 Å². The van der Waals surface area contributed by atoms with Crippen molar-refractivity contribution in [2.24, 2.45) is 22.9 Å². The third kappa shape index (κ3) is 10.3. The number of pyridine rings is 1.